The fourth-order valence-electron chi connectivity index (χ4n) is 3.37. The zero-order chi connectivity index (χ0) is 18.5. The minimum atomic E-state index is -3.75. The van der Waals surface area contributed by atoms with Crippen molar-refractivity contribution in [3.05, 3.63) is 51.9 Å². The summed E-state index contributed by atoms with van der Waals surface area (Å²) in [7, 11) is -3.75. The summed E-state index contributed by atoms with van der Waals surface area (Å²) < 4.78 is 29.3. The number of sulfonamides is 1. The number of fused-ring (bicyclic) bond motifs is 3. The highest BCUT2D eigenvalue weighted by Crippen LogP contribution is 2.31. The normalized spacial score (nSPS) is 17.2. The number of hydrogen-bond acceptors (Lipinski definition) is 4. The number of piperidine rings is 1. The Morgan fingerprint density at radius 1 is 1.19 bits per heavy atom. The summed E-state index contributed by atoms with van der Waals surface area (Å²) in [6, 6.07) is 8.21. The first-order valence-electron chi connectivity index (χ1n) is 8.49. The first-order chi connectivity index (χ1) is 12.4. The number of halogens is 1. The summed E-state index contributed by atoms with van der Waals surface area (Å²) in [5.41, 5.74) is 0.560. The smallest absolute Gasteiger partial charge is 0.281 e. The van der Waals surface area contributed by atoms with E-state index in [0.717, 1.165) is 12.8 Å². The van der Waals surface area contributed by atoms with Crippen LogP contribution in [0.4, 0.5) is 0 Å². The van der Waals surface area contributed by atoms with E-state index in [-0.39, 0.29) is 15.3 Å². The number of aromatic nitrogens is 2. The predicted molar refractivity (Wildman–Crippen MR) is 101 cm³/mol. The second kappa shape index (κ2) is 6.33. The van der Waals surface area contributed by atoms with E-state index >= 15 is 0 Å². The zero-order valence-electron chi connectivity index (χ0n) is 14.2. The van der Waals surface area contributed by atoms with E-state index in [9.17, 15) is 13.2 Å². The number of benzene rings is 1. The highest BCUT2D eigenvalue weighted by Gasteiger charge is 2.30. The van der Waals surface area contributed by atoms with Crippen molar-refractivity contribution < 1.29 is 8.42 Å². The van der Waals surface area contributed by atoms with Crippen LogP contribution in [0, 0.1) is 5.92 Å². The molecule has 8 heteroatoms. The third-order valence-corrected chi connectivity index (χ3v) is 7.32. The Kier molecular flexibility index (Phi) is 4.25. The van der Waals surface area contributed by atoms with E-state index < -0.39 is 15.6 Å². The van der Waals surface area contributed by atoms with Crippen LogP contribution >= 0.6 is 11.6 Å². The highest BCUT2D eigenvalue weighted by molar-refractivity contribution is 7.89. The van der Waals surface area contributed by atoms with Gasteiger partial charge in [-0.2, -0.15) is 9.29 Å². The molecule has 3 aromatic rings. The molecule has 0 atom stereocenters. The maximum absolute atomic E-state index is 13.0. The van der Waals surface area contributed by atoms with Gasteiger partial charge in [-0.25, -0.2) is 8.42 Å². The van der Waals surface area contributed by atoms with Crippen molar-refractivity contribution in [1.29, 1.82) is 0 Å². The molecule has 0 saturated carbocycles. The summed E-state index contributed by atoms with van der Waals surface area (Å²) in [6.07, 6.45) is 3.40. The lowest BCUT2D eigenvalue weighted by molar-refractivity contribution is 0.288. The fourth-order valence-corrected chi connectivity index (χ4v) is 5.36. The third-order valence-electron chi connectivity index (χ3n) is 4.96. The van der Waals surface area contributed by atoms with Gasteiger partial charge in [-0.3, -0.25) is 4.79 Å². The van der Waals surface area contributed by atoms with Crippen LogP contribution in [0.5, 0.6) is 0 Å². The lowest BCUT2D eigenvalue weighted by atomic mass is 10.0. The molecule has 1 saturated heterocycles. The number of pyridine rings is 1. The summed E-state index contributed by atoms with van der Waals surface area (Å²) in [5, 5.41) is 0.349. The summed E-state index contributed by atoms with van der Waals surface area (Å²) in [4.78, 5) is 16.4. The molecular weight excluding hydrogens is 374 g/mol. The second-order valence-electron chi connectivity index (χ2n) is 6.73. The Morgan fingerprint density at radius 2 is 1.92 bits per heavy atom. The van der Waals surface area contributed by atoms with Crippen LogP contribution in [-0.2, 0) is 10.0 Å². The SMILES string of the molecule is CC1CCN(S(=O)(=O)c2cc3c(=O)nc4ccccn4c3cc2Cl)CC1. The zero-order valence-corrected chi connectivity index (χ0v) is 15.8. The third kappa shape index (κ3) is 2.80. The van der Waals surface area contributed by atoms with Crippen molar-refractivity contribution in [1.82, 2.24) is 13.7 Å². The number of rotatable bonds is 2. The molecular formula is C18H18ClN3O3S. The van der Waals surface area contributed by atoms with Crippen LogP contribution in [0.1, 0.15) is 19.8 Å². The highest BCUT2D eigenvalue weighted by atomic mass is 35.5. The topological polar surface area (TPSA) is 71.8 Å². The van der Waals surface area contributed by atoms with Gasteiger partial charge in [0, 0.05) is 19.3 Å². The lowest BCUT2D eigenvalue weighted by Crippen LogP contribution is -2.38. The van der Waals surface area contributed by atoms with Crippen LogP contribution in [0.25, 0.3) is 16.6 Å². The molecule has 4 rings (SSSR count). The molecule has 1 aliphatic heterocycles. The van der Waals surface area contributed by atoms with E-state index in [2.05, 4.69) is 11.9 Å². The van der Waals surface area contributed by atoms with Gasteiger partial charge in [0.1, 0.15) is 10.5 Å². The van der Waals surface area contributed by atoms with Crippen molar-refractivity contribution in [3.63, 3.8) is 0 Å². The van der Waals surface area contributed by atoms with Gasteiger partial charge in [-0.05, 0) is 43.0 Å². The maximum atomic E-state index is 13.0. The molecule has 0 bridgehead atoms. The average molecular weight is 392 g/mol. The molecule has 0 amide bonds. The largest absolute Gasteiger partial charge is 0.301 e. The van der Waals surface area contributed by atoms with Crippen molar-refractivity contribution in [2.45, 2.75) is 24.7 Å². The fraction of sp³-hybridized carbons (Fsp3) is 0.333. The van der Waals surface area contributed by atoms with Crippen LogP contribution in [0.3, 0.4) is 0 Å². The van der Waals surface area contributed by atoms with Crippen LogP contribution in [0.2, 0.25) is 5.02 Å². The van der Waals surface area contributed by atoms with Gasteiger partial charge in [-0.1, -0.05) is 24.6 Å². The van der Waals surface area contributed by atoms with Gasteiger partial charge in [0.05, 0.1) is 15.9 Å². The molecule has 1 aliphatic rings. The average Bonchev–Trinajstić information content (AvgIpc) is 2.61. The number of nitrogens with zero attached hydrogens (tertiary/aromatic N) is 3. The Labute approximate surface area is 156 Å². The van der Waals surface area contributed by atoms with Crippen molar-refractivity contribution in [2.75, 3.05) is 13.1 Å². The minimum Gasteiger partial charge on any atom is -0.301 e. The van der Waals surface area contributed by atoms with Gasteiger partial charge in [0.15, 0.2) is 0 Å². The first kappa shape index (κ1) is 17.5. The molecule has 0 unspecified atom stereocenters. The van der Waals surface area contributed by atoms with Crippen molar-refractivity contribution in [2.24, 2.45) is 5.92 Å². The quantitative estimate of drug-likeness (QED) is 0.630. The number of hydrogen-bond donors (Lipinski definition) is 0. The lowest BCUT2D eigenvalue weighted by Gasteiger charge is -2.29. The molecule has 0 spiro atoms. The van der Waals surface area contributed by atoms with Gasteiger partial charge in [0.25, 0.3) is 5.56 Å². The Hall–Kier alpha value is -1.96. The van der Waals surface area contributed by atoms with Crippen LogP contribution in [0.15, 0.2) is 46.2 Å². The minimum absolute atomic E-state index is 0.0315. The van der Waals surface area contributed by atoms with Gasteiger partial charge >= 0.3 is 0 Å². The summed E-state index contributed by atoms with van der Waals surface area (Å²) >= 11 is 6.35. The van der Waals surface area contributed by atoms with E-state index in [1.807, 2.05) is 6.07 Å². The summed E-state index contributed by atoms with van der Waals surface area (Å²) in [6.45, 7) is 3.05. The van der Waals surface area contributed by atoms with E-state index in [4.69, 9.17) is 11.6 Å². The van der Waals surface area contributed by atoms with E-state index in [0.29, 0.717) is 30.2 Å². The Bertz CT molecular complexity index is 1170. The van der Waals surface area contributed by atoms with Gasteiger partial charge in [0.2, 0.25) is 10.0 Å². The van der Waals surface area contributed by atoms with Crippen molar-refractivity contribution >= 4 is 38.2 Å². The molecule has 6 nitrogen and oxygen atoms in total. The molecule has 2 aromatic heterocycles. The molecule has 3 heterocycles. The molecule has 0 radical (unpaired) electrons. The standard InChI is InChI=1S/C18H18ClN3O3S/c1-12-5-8-21(9-6-12)26(24,25)16-10-13-15(11-14(16)19)22-7-3-2-4-17(22)20-18(13)23/h2-4,7,10-12H,5-6,8-9H2,1H3. The first-order valence-corrected chi connectivity index (χ1v) is 10.3. The van der Waals surface area contributed by atoms with Gasteiger partial charge in [-0.15, -0.1) is 0 Å². The molecule has 0 N–H and O–H groups in total. The van der Waals surface area contributed by atoms with E-state index in [1.165, 1.54) is 16.4 Å². The maximum Gasteiger partial charge on any atom is 0.281 e. The van der Waals surface area contributed by atoms with Crippen molar-refractivity contribution in [3.8, 4) is 0 Å². The molecule has 1 fully saturated rings. The Morgan fingerprint density at radius 3 is 2.65 bits per heavy atom. The second-order valence-corrected chi connectivity index (χ2v) is 9.05. The van der Waals surface area contributed by atoms with Crippen LogP contribution in [-0.4, -0.2) is 35.2 Å². The molecule has 0 aliphatic carbocycles. The Balaban J connectivity index is 1.92. The predicted octanol–water partition coefficient (Wildman–Crippen LogP) is 2.92. The molecule has 26 heavy (non-hydrogen) atoms. The van der Waals surface area contributed by atoms with E-state index in [1.54, 1.807) is 22.7 Å². The molecule has 136 valence electrons. The monoisotopic (exact) mass is 391 g/mol. The summed E-state index contributed by atoms with van der Waals surface area (Å²) in [5.74, 6) is 0.508. The van der Waals surface area contributed by atoms with Crippen LogP contribution < -0.4 is 5.56 Å². The van der Waals surface area contributed by atoms with Gasteiger partial charge < -0.3 is 4.40 Å². The molecule has 1 aromatic carbocycles.